The van der Waals surface area contributed by atoms with E-state index in [2.05, 4.69) is 10.2 Å². The quantitative estimate of drug-likeness (QED) is 0.701. The van der Waals surface area contributed by atoms with Crippen LogP contribution >= 0.6 is 0 Å². The summed E-state index contributed by atoms with van der Waals surface area (Å²) >= 11 is 0. The van der Waals surface area contributed by atoms with Gasteiger partial charge in [-0.2, -0.15) is 0 Å². The van der Waals surface area contributed by atoms with Gasteiger partial charge >= 0.3 is 7.12 Å². The first-order valence-electron chi connectivity index (χ1n) is 6.62. The molecule has 0 aliphatic heterocycles. The summed E-state index contributed by atoms with van der Waals surface area (Å²) in [6, 6.07) is 13.9. The van der Waals surface area contributed by atoms with Gasteiger partial charge in [0.25, 0.3) is 0 Å². The van der Waals surface area contributed by atoms with Crippen molar-refractivity contribution >= 4 is 12.6 Å². The summed E-state index contributed by atoms with van der Waals surface area (Å²) in [6.07, 6.45) is 0. The molecule has 110 valence electrons. The fourth-order valence-electron chi connectivity index (χ4n) is 2.01. The van der Waals surface area contributed by atoms with E-state index in [4.69, 9.17) is 19.2 Å². The molecule has 0 spiro atoms. The van der Waals surface area contributed by atoms with Crippen molar-refractivity contribution < 1.29 is 19.2 Å². The average Bonchev–Trinajstić information content (AvgIpc) is 3.05. The van der Waals surface area contributed by atoms with Gasteiger partial charge in [-0.15, -0.1) is 10.2 Å². The summed E-state index contributed by atoms with van der Waals surface area (Å²) in [5.41, 5.74) is 1.86. The Balaban J connectivity index is 1.89. The van der Waals surface area contributed by atoms with Gasteiger partial charge < -0.3 is 19.2 Å². The van der Waals surface area contributed by atoms with Gasteiger partial charge in [0.2, 0.25) is 11.8 Å². The Morgan fingerprint density at radius 2 is 1.64 bits per heavy atom. The Morgan fingerprint density at radius 3 is 2.27 bits per heavy atom. The van der Waals surface area contributed by atoms with Gasteiger partial charge in [-0.25, -0.2) is 0 Å². The third-order valence-corrected chi connectivity index (χ3v) is 3.20. The Hall–Kier alpha value is -2.64. The van der Waals surface area contributed by atoms with Crippen LogP contribution in [0, 0.1) is 0 Å². The lowest BCUT2D eigenvalue weighted by atomic mass is 9.80. The monoisotopic (exact) mass is 296 g/mol. The molecule has 3 aromatic rings. The largest absolute Gasteiger partial charge is 0.497 e. The molecular weight excluding hydrogens is 283 g/mol. The van der Waals surface area contributed by atoms with Gasteiger partial charge in [0.05, 0.1) is 7.11 Å². The molecule has 0 unspecified atom stereocenters. The highest BCUT2D eigenvalue weighted by atomic mass is 16.5. The molecule has 0 amide bonds. The van der Waals surface area contributed by atoms with E-state index in [0.29, 0.717) is 28.6 Å². The van der Waals surface area contributed by atoms with E-state index >= 15 is 0 Å². The van der Waals surface area contributed by atoms with Crippen molar-refractivity contribution in [2.24, 2.45) is 0 Å². The van der Waals surface area contributed by atoms with Crippen LogP contribution in [0.3, 0.4) is 0 Å². The third-order valence-electron chi connectivity index (χ3n) is 3.20. The van der Waals surface area contributed by atoms with Crippen LogP contribution in [0.2, 0.25) is 0 Å². The second kappa shape index (κ2) is 6.01. The molecule has 1 heterocycles. The second-order valence-corrected chi connectivity index (χ2v) is 4.64. The van der Waals surface area contributed by atoms with E-state index in [0.717, 1.165) is 5.56 Å². The van der Waals surface area contributed by atoms with Crippen LogP contribution in [0.4, 0.5) is 0 Å². The Morgan fingerprint density at radius 1 is 0.955 bits per heavy atom. The highest BCUT2D eigenvalue weighted by Gasteiger charge is 2.13. The standard InChI is InChI=1S/C15H13BN2O4/c1-21-13-4-2-3-11(9-13)15-18-17-14(22-15)10-5-7-12(8-6-10)16(19)20/h2-9,19-20H,1H3. The van der Waals surface area contributed by atoms with Crippen LogP contribution in [-0.2, 0) is 0 Å². The lowest BCUT2D eigenvalue weighted by Gasteiger charge is -2.01. The van der Waals surface area contributed by atoms with Crippen LogP contribution < -0.4 is 10.2 Å². The van der Waals surface area contributed by atoms with Gasteiger partial charge in [0, 0.05) is 11.1 Å². The SMILES string of the molecule is COc1cccc(-c2nnc(-c3ccc(B(O)O)cc3)o2)c1. The van der Waals surface area contributed by atoms with E-state index in [1.165, 1.54) is 0 Å². The normalized spacial score (nSPS) is 10.5. The van der Waals surface area contributed by atoms with Crippen LogP contribution in [0.1, 0.15) is 0 Å². The van der Waals surface area contributed by atoms with Crippen LogP contribution in [0.5, 0.6) is 5.75 Å². The molecule has 2 aromatic carbocycles. The molecule has 1 aromatic heterocycles. The molecule has 0 atom stereocenters. The van der Waals surface area contributed by atoms with E-state index in [-0.39, 0.29) is 0 Å². The van der Waals surface area contributed by atoms with Crippen LogP contribution in [0.25, 0.3) is 22.9 Å². The summed E-state index contributed by atoms with van der Waals surface area (Å²) in [7, 11) is 0.0965. The average molecular weight is 296 g/mol. The maximum Gasteiger partial charge on any atom is 0.488 e. The topological polar surface area (TPSA) is 88.6 Å². The Bertz CT molecular complexity index is 771. The molecule has 0 bridgehead atoms. The van der Waals surface area contributed by atoms with Gasteiger partial charge in [-0.3, -0.25) is 0 Å². The van der Waals surface area contributed by atoms with Crippen molar-refractivity contribution in [2.45, 2.75) is 0 Å². The van der Waals surface area contributed by atoms with Crippen molar-refractivity contribution in [3.63, 3.8) is 0 Å². The fourth-order valence-corrected chi connectivity index (χ4v) is 2.01. The van der Waals surface area contributed by atoms with Crippen molar-refractivity contribution in [2.75, 3.05) is 7.11 Å². The minimum atomic E-state index is -1.50. The molecule has 2 N–H and O–H groups in total. The Kier molecular flexibility index (Phi) is 3.91. The van der Waals surface area contributed by atoms with Crippen LogP contribution in [-0.4, -0.2) is 34.5 Å². The smallest absolute Gasteiger partial charge is 0.488 e. The summed E-state index contributed by atoms with van der Waals surface area (Å²) < 4.78 is 10.8. The zero-order valence-electron chi connectivity index (χ0n) is 11.8. The number of rotatable bonds is 4. The van der Waals surface area contributed by atoms with Gasteiger partial charge in [-0.1, -0.05) is 18.2 Å². The summed E-state index contributed by atoms with van der Waals surface area (Å²) in [4.78, 5) is 0. The van der Waals surface area contributed by atoms with E-state index < -0.39 is 7.12 Å². The minimum absolute atomic E-state index is 0.358. The van der Waals surface area contributed by atoms with Crippen molar-refractivity contribution in [3.8, 4) is 28.7 Å². The molecule has 0 saturated carbocycles. The molecule has 0 radical (unpaired) electrons. The molecule has 0 saturated heterocycles. The first-order valence-corrected chi connectivity index (χ1v) is 6.62. The minimum Gasteiger partial charge on any atom is -0.497 e. The van der Waals surface area contributed by atoms with Gasteiger partial charge in [0.15, 0.2) is 0 Å². The van der Waals surface area contributed by atoms with E-state index in [1.54, 1.807) is 31.4 Å². The first kappa shape index (κ1) is 14.3. The van der Waals surface area contributed by atoms with Crippen molar-refractivity contribution in [3.05, 3.63) is 48.5 Å². The van der Waals surface area contributed by atoms with E-state index in [9.17, 15) is 0 Å². The number of methoxy groups -OCH3 is 1. The summed E-state index contributed by atoms with van der Waals surface area (Å²) in [5.74, 6) is 1.45. The lowest BCUT2D eigenvalue weighted by molar-refractivity contribution is 0.415. The van der Waals surface area contributed by atoms with Crippen molar-refractivity contribution in [1.82, 2.24) is 10.2 Å². The maximum atomic E-state index is 9.08. The summed E-state index contributed by atoms with van der Waals surface area (Å²) in [5, 5.41) is 26.2. The van der Waals surface area contributed by atoms with Gasteiger partial charge in [0.1, 0.15) is 5.75 Å². The molecule has 0 aliphatic rings. The predicted molar refractivity (Wildman–Crippen MR) is 81.5 cm³/mol. The second-order valence-electron chi connectivity index (χ2n) is 4.64. The predicted octanol–water partition coefficient (Wildman–Crippen LogP) is 1.09. The lowest BCUT2D eigenvalue weighted by Crippen LogP contribution is -2.29. The zero-order chi connectivity index (χ0) is 15.5. The number of nitrogens with zero attached hydrogens (tertiary/aromatic N) is 2. The number of benzene rings is 2. The number of hydrogen-bond acceptors (Lipinski definition) is 6. The molecule has 0 aliphatic carbocycles. The number of hydrogen-bond donors (Lipinski definition) is 2. The molecule has 7 heteroatoms. The molecule has 22 heavy (non-hydrogen) atoms. The third kappa shape index (κ3) is 2.85. The molecule has 6 nitrogen and oxygen atoms in total. The summed E-state index contributed by atoms with van der Waals surface area (Å²) in [6.45, 7) is 0. The fraction of sp³-hybridized carbons (Fsp3) is 0.0667. The maximum absolute atomic E-state index is 9.08. The number of ether oxygens (including phenoxy) is 1. The van der Waals surface area contributed by atoms with Gasteiger partial charge in [-0.05, 0) is 35.8 Å². The molecule has 3 rings (SSSR count). The van der Waals surface area contributed by atoms with Crippen LogP contribution in [0.15, 0.2) is 52.9 Å². The van der Waals surface area contributed by atoms with E-state index in [1.807, 2.05) is 24.3 Å². The highest BCUT2D eigenvalue weighted by Crippen LogP contribution is 2.25. The highest BCUT2D eigenvalue weighted by molar-refractivity contribution is 6.58. The zero-order valence-corrected chi connectivity index (χ0v) is 11.8. The molecule has 0 fully saturated rings. The molecular formula is C15H13BN2O4. The first-order chi connectivity index (χ1) is 10.7. The number of aromatic nitrogens is 2. The van der Waals surface area contributed by atoms with Crippen molar-refractivity contribution in [1.29, 1.82) is 0 Å². The Labute approximate surface area is 127 Å².